The molecular formula is C10H19F2NO. The molecule has 1 aliphatic heterocycles. The Bertz CT molecular complexity index is 187. The number of ether oxygens (including phenoxy) is 1. The molecule has 14 heavy (non-hydrogen) atoms. The van der Waals surface area contributed by atoms with Crippen molar-refractivity contribution >= 4 is 0 Å². The number of halogens is 2. The lowest BCUT2D eigenvalue weighted by atomic mass is 10.2. The van der Waals surface area contributed by atoms with Gasteiger partial charge >= 0.3 is 0 Å². The number of hydrogen-bond donors (Lipinski definition) is 0. The third-order valence-corrected chi connectivity index (χ3v) is 2.79. The Labute approximate surface area is 84.2 Å². The van der Waals surface area contributed by atoms with Crippen LogP contribution in [0.15, 0.2) is 0 Å². The number of hydrogen-bond acceptors (Lipinski definition) is 2. The Hall–Kier alpha value is -0.220. The Morgan fingerprint density at radius 2 is 2.21 bits per heavy atom. The smallest absolute Gasteiger partial charge is 0.262 e. The van der Waals surface area contributed by atoms with E-state index in [9.17, 15) is 8.78 Å². The van der Waals surface area contributed by atoms with Crippen molar-refractivity contribution in [1.29, 1.82) is 0 Å². The van der Waals surface area contributed by atoms with Gasteiger partial charge < -0.3 is 4.74 Å². The minimum atomic E-state index is -2.53. The first-order chi connectivity index (χ1) is 6.44. The highest BCUT2D eigenvalue weighted by Crippen LogP contribution is 2.30. The lowest BCUT2D eigenvalue weighted by molar-refractivity contribution is 0.00957. The molecule has 0 N–H and O–H groups in total. The van der Waals surface area contributed by atoms with Crippen LogP contribution in [0.2, 0.25) is 0 Å². The molecule has 0 amide bonds. The van der Waals surface area contributed by atoms with Crippen molar-refractivity contribution in [1.82, 2.24) is 4.90 Å². The van der Waals surface area contributed by atoms with Crippen molar-refractivity contribution < 1.29 is 13.5 Å². The summed E-state index contributed by atoms with van der Waals surface area (Å²) in [6.45, 7) is 4.27. The molecule has 0 bridgehead atoms. The maximum atomic E-state index is 13.0. The minimum Gasteiger partial charge on any atom is -0.377 e. The lowest BCUT2D eigenvalue weighted by Gasteiger charge is -2.20. The maximum Gasteiger partial charge on any atom is 0.262 e. The molecule has 1 fully saturated rings. The Morgan fingerprint density at radius 3 is 2.64 bits per heavy atom. The summed E-state index contributed by atoms with van der Waals surface area (Å²) in [5.41, 5.74) is 0. The minimum absolute atomic E-state index is 0.0695. The molecule has 1 aliphatic rings. The van der Waals surface area contributed by atoms with Crippen molar-refractivity contribution in [3.63, 3.8) is 0 Å². The molecule has 1 saturated heterocycles. The number of likely N-dealkylation sites (N-methyl/N-ethyl adjacent to an activating group) is 1. The van der Waals surface area contributed by atoms with Crippen LogP contribution in [0.4, 0.5) is 8.78 Å². The highest BCUT2D eigenvalue weighted by atomic mass is 19.3. The summed E-state index contributed by atoms with van der Waals surface area (Å²) >= 11 is 0. The van der Waals surface area contributed by atoms with E-state index in [1.54, 1.807) is 11.9 Å². The normalized spacial score (nSPS) is 29.4. The first kappa shape index (κ1) is 11.9. The summed E-state index contributed by atoms with van der Waals surface area (Å²) in [6, 6.07) is -0.126. The van der Waals surface area contributed by atoms with Gasteiger partial charge in [-0.2, -0.15) is 0 Å². The molecule has 2 unspecified atom stereocenters. The van der Waals surface area contributed by atoms with E-state index in [1.807, 2.05) is 13.8 Å². The predicted molar refractivity (Wildman–Crippen MR) is 51.7 cm³/mol. The molecule has 0 saturated carbocycles. The molecule has 0 aromatic carbocycles. The van der Waals surface area contributed by atoms with Crippen molar-refractivity contribution in [2.24, 2.45) is 0 Å². The summed E-state index contributed by atoms with van der Waals surface area (Å²) in [5, 5.41) is 0. The summed E-state index contributed by atoms with van der Waals surface area (Å²) in [7, 11) is 1.73. The second-order valence-corrected chi connectivity index (χ2v) is 4.18. The van der Waals surface area contributed by atoms with Crippen molar-refractivity contribution in [2.75, 3.05) is 20.2 Å². The van der Waals surface area contributed by atoms with Gasteiger partial charge in [0.15, 0.2) is 0 Å². The van der Waals surface area contributed by atoms with E-state index in [4.69, 9.17) is 4.74 Å². The van der Waals surface area contributed by atoms with Crippen molar-refractivity contribution in [3.8, 4) is 0 Å². The van der Waals surface area contributed by atoms with E-state index in [0.29, 0.717) is 6.61 Å². The zero-order valence-corrected chi connectivity index (χ0v) is 9.09. The molecule has 2 nitrogen and oxygen atoms in total. The van der Waals surface area contributed by atoms with Crippen LogP contribution in [-0.4, -0.2) is 43.2 Å². The molecule has 0 aromatic rings. The zero-order valence-electron chi connectivity index (χ0n) is 9.09. The predicted octanol–water partition coefficient (Wildman–Crippen LogP) is 2.14. The van der Waals surface area contributed by atoms with Gasteiger partial charge in [-0.1, -0.05) is 6.92 Å². The lowest BCUT2D eigenvalue weighted by Crippen LogP contribution is -2.31. The molecular weight excluding hydrogens is 188 g/mol. The van der Waals surface area contributed by atoms with Crippen LogP contribution in [0.5, 0.6) is 0 Å². The SMILES string of the molecule is CCC(C)OCC1CC(F)(F)CN1C. The fourth-order valence-electron chi connectivity index (χ4n) is 1.64. The average molecular weight is 207 g/mol. The monoisotopic (exact) mass is 207 g/mol. The standard InChI is InChI=1S/C10H19F2NO/c1-4-8(2)14-6-9-5-10(11,12)7-13(9)3/h8-9H,4-7H2,1-3H3. The highest BCUT2D eigenvalue weighted by Gasteiger charge is 2.43. The van der Waals surface area contributed by atoms with E-state index < -0.39 is 5.92 Å². The average Bonchev–Trinajstić information content (AvgIpc) is 2.35. The fraction of sp³-hybridized carbons (Fsp3) is 1.00. The molecule has 4 heteroatoms. The Morgan fingerprint density at radius 1 is 1.57 bits per heavy atom. The zero-order chi connectivity index (χ0) is 10.8. The van der Waals surface area contributed by atoms with Crippen LogP contribution in [0, 0.1) is 0 Å². The van der Waals surface area contributed by atoms with Crippen molar-refractivity contribution in [2.45, 2.75) is 44.8 Å². The van der Waals surface area contributed by atoms with Crippen molar-refractivity contribution in [3.05, 3.63) is 0 Å². The molecule has 84 valence electrons. The summed E-state index contributed by atoms with van der Waals surface area (Å²) in [6.07, 6.45) is 1.02. The maximum absolute atomic E-state index is 13.0. The van der Waals surface area contributed by atoms with Gasteiger partial charge in [-0.3, -0.25) is 4.90 Å². The molecule has 0 aromatic heterocycles. The summed E-state index contributed by atoms with van der Waals surface area (Å²) in [5.74, 6) is -2.53. The van der Waals surface area contributed by atoms with Gasteiger partial charge in [-0.15, -0.1) is 0 Å². The fourth-order valence-corrected chi connectivity index (χ4v) is 1.64. The van der Waals surface area contributed by atoms with Crippen LogP contribution in [0.1, 0.15) is 26.7 Å². The van der Waals surface area contributed by atoms with Crippen LogP contribution in [0.25, 0.3) is 0 Å². The molecule has 0 radical (unpaired) electrons. The van der Waals surface area contributed by atoms with E-state index in [-0.39, 0.29) is 25.1 Å². The van der Waals surface area contributed by atoms with Gasteiger partial charge in [-0.05, 0) is 20.4 Å². The first-order valence-electron chi connectivity index (χ1n) is 5.14. The summed E-state index contributed by atoms with van der Waals surface area (Å²) < 4.78 is 31.4. The number of alkyl halides is 2. The third-order valence-electron chi connectivity index (χ3n) is 2.79. The van der Waals surface area contributed by atoms with Gasteiger partial charge in [0, 0.05) is 12.5 Å². The van der Waals surface area contributed by atoms with E-state index in [1.165, 1.54) is 0 Å². The van der Waals surface area contributed by atoms with Gasteiger partial charge in [0.25, 0.3) is 5.92 Å². The second kappa shape index (κ2) is 4.53. The van der Waals surface area contributed by atoms with E-state index in [2.05, 4.69) is 0 Å². The highest BCUT2D eigenvalue weighted by molar-refractivity contribution is 4.88. The number of nitrogens with zero attached hydrogens (tertiary/aromatic N) is 1. The largest absolute Gasteiger partial charge is 0.377 e. The molecule has 2 atom stereocenters. The second-order valence-electron chi connectivity index (χ2n) is 4.18. The van der Waals surface area contributed by atoms with Gasteiger partial charge in [0.1, 0.15) is 0 Å². The molecule has 1 rings (SSSR count). The van der Waals surface area contributed by atoms with Gasteiger partial charge in [-0.25, -0.2) is 8.78 Å². The van der Waals surface area contributed by atoms with Gasteiger partial charge in [0.05, 0.1) is 19.3 Å². The third kappa shape index (κ3) is 3.17. The quantitative estimate of drug-likeness (QED) is 0.700. The summed E-state index contributed by atoms with van der Waals surface area (Å²) in [4.78, 5) is 1.68. The molecule has 0 spiro atoms. The Balaban J connectivity index is 2.32. The number of rotatable bonds is 4. The van der Waals surface area contributed by atoms with E-state index in [0.717, 1.165) is 6.42 Å². The van der Waals surface area contributed by atoms with Crippen LogP contribution in [0.3, 0.4) is 0 Å². The number of likely N-dealkylation sites (tertiary alicyclic amines) is 1. The van der Waals surface area contributed by atoms with Gasteiger partial charge in [0.2, 0.25) is 0 Å². The topological polar surface area (TPSA) is 12.5 Å². The van der Waals surface area contributed by atoms with E-state index >= 15 is 0 Å². The first-order valence-corrected chi connectivity index (χ1v) is 5.14. The molecule has 0 aliphatic carbocycles. The Kier molecular flexibility index (Phi) is 3.84. The van der Waals surface area contributed by atoms with Crippen LogP contribution < -0.4 is 0 Å². The molecule has 1 heterocycles. The van der Waals surface area contributed by atoms with Crippen LogP contribution in [-0.2, 0) is 4.74 Å². The van der Waals surface area contributed by atoms with Crippen LogP contribution >= 0.6 is 0 Å².